The molecule has 150 valence electrons. The van der Waals surface area contributed by atoms with Crippen molar-refractivity contribution in [2.24, 2.45) is 5.92 Å². The van der Waals surface area contributed by atoms with Crippen LogP contribution in [0.25, 0.3) is 0 Å². The molecule has 0 aromatic heterocycles. The fraction of sp³-hybridized carbons (Fsp3) is 0.500. The van der Waals surface area contributed by atoms with Crippen molar-refractivity contribution in [2.75, 3.05) is 19.0 Å². The Morgan fingerprint density at radius 3 is 2.75 bits per heavy atom. The quantitative estimate of drug-likeness (QED) is 0.609. The van der Waals surface area contributed by atoms with Crippen LogP contribution < -0.4 is 10.6 Å². The van der Waals surface area contributed by atoms with Gasteiger partial charge in [-0.1, -0.05) is 25.8 Å². The number of nitrogens with one attached hydrogen (secondary N) is 2. The average Bonchev–Trinajstić information content (AvgIpc) is 2.90. The van der Waals surface area contributed by atoms with Crippen molar-refractivity contribution in [3.63, 3.8) is 0 Å². The number of nitrogens with zero attached hydrogens (tertiary/aromatic N) is 1. The zero-order valence-corrected chi connectivity index (χ0v) is 16.3. The van der Waals surface area contributed by atoms with E-state index in [-0.39, 0.29) is 18.4 Å². The number of ether oxygens (including phenoxy) is 1. The van der Waals surface area contributed by atoms with Gasteiger partial charge in [-0.05, 0) is 43.4 Å². The number of carbonyl (C=O) groups is 4. The molecule has 4 amide bonds. The summed E-state index contributed by atoms with van der Waals surface area (Å²) in [5.74, 6) is -1.32. The van der Waals surface area contributed by atoms with Gasteiger partial charge in [0.05, 0.1) is 12.7 Å². The van der Waals surface area contributed by atoms with Crippen molar-refractivity contribution >= 4 is 29.5 Å². The summed E-state index contributed by atoms with van der Waals surface area (Å²) < 4.78 is 4.69. The molecule has 0 bridgehead atoms. The number of anilines is 1. The molecule has 28 heavy (non-hydrogen) atoms. The van der Waals surface area contributed by atoms with E-state index in [0.29, 0.717) is 17.7 Å². The maximum Gasteiger partial charge on any atom is 0.337 e. The van der Waals surface area contributed by atoms with Crippen LogP contribution in [0.5, 0.6) is 0 Å². The predicted molar refractivity (Wildman–Crippen MR) is 102 cm³/mol. The summed E-state index contributed by atoms with van der Waals surface area (Å²) in [4.78, 5) is 50.5. The number of carbonyl (C=O) groups excluding carboxylic acids is 4. The standard InChI is InChI=1S/C20H25N3O5/c1-12-7-8-14(17(25)28-3)10-15(12)21-16(24)11-23-18(26)20(22-19(23)27)9-5-4-6-13(20)2/h7-8,10,13H,4-6,9,11H2,1-3H3,(H,21,24)(H,22,27)/t13-,20+/m1/s1. The van der Waals surface area contributed by atoms with Crippen LogP contribution >= 0.6 is 0 Å². The van der Waals surface area contributed by atoms with Crippen molar-refractivity contribution in [1.29, 1.82) is 0 Å². The molecule has 1 spiro atoms. The number of benzene rings is 1. The van der Waals surface area contributed by atoms with Crippen molar-refractivity contribution < 1.29 is 23.9 Å². The molecular formula is C20H25N3O5. The second-order valence-corrected chi connectivity index (χ2v) is 7.51. The second-order valence-electron chi connectivity index (χ2n) is 7.51. The molecule has 1 heterocycles. The van der Waals surface area contributed by atoms with Gasteiger partial charge in [0.2, 0.25) is 5.91 Å². The second kappa shape index (κ2) is 7.61. The Kier molecular flexibility index (Phi) is 5.40. The molecule has 8 nitrogen and oxygen atoms in total. The van der Waals surface area contributed by atoms with Crippen LogP contribution in [-0.2, 0) is 14.3 Å². The fourth-order valence-corrected chi connectivity index (χ4v) is 3.97. The first-order valence-electron chi connectivity index (χ1n) is 9.41. The molecule has 3 rings (SSSR count). The highest BCUT2D eigenvalue weighted by Crippen LogP contribution is 2.38. The van der Waals surface area contributed by atoms with Gasteiger partial charge in [-0.15, -0.1) is 0 Å². The Balaban J connectivity index is 1.72. The molecule has 0 radical (unpaired) electrons. The third-order valence-electron chi connectivity index (χ3n) is 5.74. The Morgan fingerprint density at radius 2 is 2.07 bits per heavy atom. The van der Waals surface area contributed by atoms with Crippen LogP contribution in [-0.4, -0.2) is 47.9 Å². The SMILES string of the molecule is COC(=O)c1ccc(C)c(NC(=O)CN2C(=O)N[C@]3(CCCC[C@H]3C)C2=O)c1. The topological polar surface area (TPSA) is 105 Å². The molecule has 2 atom stereocenters. The van der Waals surface area contributed by atoms with Gasteiger partial charge >= 0.3 is 12.0 Å². The van der Waals surface area contributed by atoms with Gasteiger partial charge in [0.25, 0.3) is 5.91 Å². The third-order valence-corrected chi connectivity index (χ3v) is 5.74. The van der Waals surface area contributed by atoms with Gasteiger partial charge in [0.1, 0.15) is 12.1 Å². The number of amides is 4. The number of hydrogen-bond donors (Lipinski definition) is 2. The van der Waals surface area contributed by atoms with Gasteiger partial charge in [-0.25, -0.2) is 9.59 Å². The van der Waals surface area contributed by atoms with E-state index in [1.54, 1.807) is 19.1 Å². The van der Waals surface area contributed by atoms with Gasteiger partial charge in [-0.2, -0.15) is 0 Å². The van der Waals surface area contributed by atoms with Crippen LogP contribution in [0, 0.1) is 12.8 Å². The Bertz CT molecular complexity index is 837. The average molecular weight is 387 g/mol. The summed E-state index contributed by atoms with van der Waals surface area (Å²) in [7, 11) is 1.28. The van der Waals surface area contributed by atoms with Gasteiger partial charge < -0.3 is 15.4 Å². The lowest BCUT2D eigenvalue weighted by molar-refractivity contribution is -0.136. The molecule has 1 aliphatic carbocycles. The van der Waals surface area contributed by atoms with E-state index >= 15 is 0 Å². The Morgan fingerprint density at radius 1 is 1.32 bits per heavy atom. The lowest BCUT2D eigenvalue weighted by atomic mass is 9.73. The molecular weight excluding hydrogens is 362 g/mol. The summed E-state index contributed by atoms with van der Waals surface area (Å²) in [5, 5.41) is 5.51. The largest absolute Gasteiger partial charge is 0.465 e. The monoisotopic (exact) mass is 387 g/mol. The van der Waals surface area contributed by atoms with Gasteiger partial charge in [-0.3, -0.25) is 14.5 Å². The van der Waals surface area contributed by atoms with E-state index in [2.05, 4.69) is 15.4 Å². The first-order valence-corrected chi connectivity index (χ1v) is 9.41. The number of aryl methyl sites for hydroxylation is 1. The minimum Gasteiger partial charge on any atom is -0.465 e. The molecule has 2 N–H and O–H groups in total. The highest BCUT2D eigenvalue weighted by molar-refractivity contribution is 6.10. The van der Waals surface area contributed by atoms with E-state index in [1.165, 1.54) is 13.2 Å². The lowest BCUT2D eigenvalue weighted by Crippen LogP contribution is -2.54. The normalized spacial score (nSPS) is 24.2. The van der Waals surface area contributed by atoms with E-state index in [9.17, 15) is 19.2 Å². The van der Waals surface area contributed by atoms with Crippen molar-refractivity contribution in [2.45, 2.75) is 45.1 Å². The van der Waals surface area contributed by atoms with Crippen LogP contribution in [0.1, 0.15) is 48.5 Å². The molecule has 1 aromatic rings. The van der Waals surface area contributed by atoms with Gasteiger partial charge in [0.15, 0.2) is 0 Å². The summed E-state index contributed by atoms with van der Waals surface area (Å²) in [5.41, 5.74) is 0.584. The number of rotatable bonds is 4. The Labute approximate surface area is 163 Å². The first kappa shape index (κ1) is 19.9. The highest BCUT2D eigenvalue weighted by Gasteiger charge is 2.55. The maximum absolute atomic E-state index is 12.9. The molecule has 1 saturated heterocycles. The molecule has 1 aliphatic heterocycles. The highest BCUT2D eigenvalue weighted by atomic mass is 16.5. The molecule has 1 saturated carbocycles. The number of hydrogen-bond acceptors (Lipinski definition) is 5. The summed E-state index contributed by atoms with van der Waals surface area (Å²) in [6, 6.07) is 4.26. The summed E-state index contributed by atoms with van der Waals surface area (Å²) in [6.07, 6.45) is 3.36. The number of urea groups is 1. The van der Waals surface area contributed by atoms with Crippen molar-refractivity contribution in [1.82, 2.24) is 10.2 Å². The van der Waals surface area contributed by atoms with Crippen LogP contribution in [0.2, 0.25) is 0 Å². The zero-order valence-electron chi connectivity index (χ0n) is 16.3. The summed E-state index contributed by atoms with van der Waals surface area (Å²) in [6.45, 7) is 3.37. The molecule has 8 heteroatoms. The zero-order chi connectivity index (χ0) is 20.5. The number of esters is 1. The number of methoxy groups -OCH3 is 1. The van der Waals surface area contributed by atoms with E-state index in [1.807, 2.05) is 6.92 Å². The molecule has 1 aromatic carbocycles. The summed E-state index contributed by atoms with van der Waals surface area (Å²) >= 11 is 0. The molecule has 2 aliphatic rings. The van der Waals surface area contributed by atoms with Crippen molar-refractivity contribution in [3.05, 3.63) is 29.3 Å². The smallest absolute Gasteiger partial charge is 0.337 e. The minimum atomic E-state index is -0.893. The van der Waals surface area contributed by atoms with E-state index in [0.717, 1.165) is 29.7 Å². The van der Waals surface area contributed by atoms with E-state index < -0.39 is 23.4 Å². The van der Waals surface area contributed by atoms with Gasteiger partial charge in [0, 0.05) is 5.69 Å². The van der Waals surface area contributed by atoms with Crippen LogP contribution in [0.4, 0.5) is 10.5 Å². The lowest BCUT2D eigenvalue weighted by Gasteiger charge is -2.36. The van der Waals surface area contributed by atoms with Crippen LogP contribution in [0.3, 0.4) is 0 Å². The first-order chi connectivity index (χ1) is 13.3. The van der Waals surface area contributed by atoms with Crippen molar-refractivity contribution in [3.8, 4) is 0 Å². The van der Waals surface area contributed by atoms with E-state index in [4.69, 9.17) is 0 Å². The molecule has 2 fully saturated rings. The number of imide groups is 1. The third kappa shape index (κ3) is 3.46. The Hall–Kier alpha value is -2.90. The fourth-order valence-electron chi connectivity index (χ4n) is 3.97. The molecule has 0 unspecified atom stereocenters. The maximum atomic E-state index is 12.9. The van der Waals surface area contributed by atoms with Crippen LogP contribution in [0.15, 0.2) is 18.2 Å². The predicted octanol–water partition coefficient (Wildman–Crippen LogP) is 2.22. The minimum absolute atomic E-state index is 0.0322.